The molecule has 1 atom stereocenters. The molecule has 0 fully saturated rings. The zero-order valence-electron chi connectivity index (χ0n) is 11.8. The molecule has 1 heterocycles. The van der Waals surface area contributed by atoms with E-state index in [4.69, 9.17) is 9.47 Å². The third-order valence-corrected chi connectivity index (χ3v) is 3.22. The van der Waals surface area contributed by atoms with Gasteiger partial charge in [0.1, 0.15) is 11.4 Å². The number of nitrogens with zero attached hydrogens (tertiary/aromatic N) is 1. The van der Waals surface area contributed by atoms with E-state index in [2.05, 4.69) is 29.2 Å². The molecule has 2 aromatic rings. The number of benzene rings is 1. The Morgan fingerprint density at radius 1 is 1.00 bits per heavy atom. The number of aryl methyl sites for hydroxylation is 1. The number of ether oxygens (including phenoxy) is 2. The maximum atomic E-state index is 5.37. The van der Waals surface area contributed by atoms with E-state index < -0.39 is 0 Å². The highest BCUT2D eigenvalue weighted by Crippen LogP contribution is 2.29. The van der Waals surface area contributed by atoms with Crippen LogP contribution in [-0.4, -0.2) is 19.2 Å². The third-order valence-electron chi connectivity index (χ3n) is 3.22. The molecule has 19 heavy (non-hydrogen) atoms. The number of hydrogen-bond donors (Lipinski definition) is 0. The van der Waals surface area contributed by atoms with E-state index in [1.165, 1.54) is 0 Å². The Bertz CT molecular complexity index is 549. The average Bonchev–Trinajstić information content (AvgIpc) is 2.46. The van der Waals surface area contributed by atoms with Crippen molar-refractivity contribution in [2.24, 2.45) is 0 Å². The summed E-state index contributed by atoms with van der Waals surface area (Å²) in [5.74, 6) is 0.790. The van der Waals surface area contributed by atoms with Crippen molar-refractivity contribution in [3.05, 3.63) is 47.7 Å². The van der Waals surface area contributed by atoms with Gasteiger partial charge in [-0.05, 0) is 31.5 Å². The van der Waals surface area contributed by atoms with Crippen LogP contribution in [0.4, 0.5) is 0 Å². The molecule has 0 N–H and O–H groups in total. The number of methoxy groups -OCH3 is 2. The minimum Gasteiger partial charge on any atom is -0.494 e. The lowest BCUT2D eigenvalue weighted by Crippen LogP contribution is -1.96. The summed E-state index contributed by atoms with van der Waals surface area (Å²) in [7, 11) is 3.38. The molecule has 2 rings (SSSR count). The molecule has 0 aliphatic carbocycles. The first-order chi connectivity index (χ1) is 9.15. The van der Waals surface area contributed by atoms with Gasteiger partial charge in [-0.3, -0.25) is 0 Å². The summed E-state index contributed by atoms with van der Waals surface area (Å²) in [5.41, 5.74) is 4.05. The van der Waals surface area contributed by atoms with Crippen LogP contribution in [0, 0.1) is 6.92 Å². The summed E-state index contributed by atoms with van der Waals surface area (Å²) in [5, 5.41) is 0. The smallest absolute Gasteiger partial charge is 0.145 e. The maximum Gasteiger partial charge on any atom is 0.145 e. The van der Waals surface area contributed by atoms with Crippen molar-refractivity contribution in [2.45, 2.75) is 20.0 Å². The first kappa shape index (κ1) is 13.6. The molecule has 0 radical (unpaired) electrons. The van der Waals surface area contributed by atoms with Gasteiger partial charge in [0.15, 0.2) is 0 Å². The van der Waals surface area contributed by atoms with Crippen LogP contribution in [0.3, 0.4) is 0 Å². The number of hydrogen-bond acceptors (Lipinski definition) is 3. The molecule has 0 amide bonds. The second-order valence-electron chi connectivity index (χ2n) is 4.50. The molecule has 1 aromatic heterocycles. The third kappa shape index (κ3) is 2.93. The van der Waals surface area contributed by atoms with E-state index in [1.807, 2.05) is 26.0 Å². The zero-order chi connectivity index (χ0) is 13.8. The van der Waals surface area contributed by atoms with Gasteiger partial charge < -0.3 is 9.47 Å². The van der Waals surface area contributed by atoms with Gasteiger partial charge in [-0.1, -0.05) is 24.3 Å². The standard InChI is InChI=1S/C16H19NO2/c1-11-5-10-15(19-4)16(17-11)14-8-6-13(7-9-14)12(2)18-3/h5-10,12H,1-4H3/t12-/m0/s1. The molecule has 0 spiro atoms. The van der Waals surface area contributed by atoms with Crippen molar-refractivity contribution in [1.29, 1.82) is 0 Å². The molecule has 3 nitrogen and oxygen atoms in total. The summed E-state index contributed by atoms with van der Waals surface area (Å²) < 4.78 is 10.7. The fraction of sp³-hybridized carbons (Fsp3) is 0.312. The molecule has 0 saturated heterocycles. The second-order valence-corrected chi connectivity index (χ2v) is 4.50. The van der Waals surface area contributed by atoms with E-state index in [9.17, 15) is 0 Å². The van der Waals surface area contributed by atoms with Crippen LogP contribution in [-0.2, 0) is 4.74 Å². The van der Waals surface area contributed by atoms with Crippen LogP contribution >= 0.6 is 0 Å². The van der Waals surface area contributed by atoms with Crippen LogP contribution in [0.2, 0.25) is 0 Å². The summed E-state index contributed by atoms with van der Waals surface area (Å²) >= 11 is 0. The predicted molar refractivity (Wildman–Crippen MR) is 76.4 cm³/mol. The Morgan fingerprint density at radius 3 is 2.26 bits per heavy atom. The van der Waals surface area contributed by atoms with E-state index in [0.29, 0.717) is 0 Å². The molecule has 0 bridgehead atoms. The quantitative estimate of drug-likeness (QED) is 0.835. The van der Waals surface area contributed by atoms with E-state index in [-0.39, 0.29) is 6.10 Å². The average molecular weight is 257 g/mol. The van der Waals surface area contributed by atoms with Gasteiger partial charge in [0.25, 0.3) is 0 Å². The Morgan fingerprint density at radius 2 is 1.68 bits per heavy atom. The summed E-state index contributed by atoms with van der Waals surface area (Å²) in [6, 6.07) is 12.1. The predicted octanol–water partition coefficient (Wildman–Crippen LogP) is 3.77. The molecular formula is C16H19NO2. The van der Waals surface area contributed by atoms with Crippen LogP contribution in [0.1, 0.15) is 24.3 Å². The van der Waals surface area contributed by atoms with Crippen molar-refractivity contribution in [1.82, 2.24) is 4.98 Å². The first-order valence-electron chi connectivity index (χ1n) is 6.30. The summed E-state index contributed by atoms with van der Waals surface area (Å²) in [6.07, 6.45) is 0.0985. The molecule has 1 aromatic carbocycles. The molecule has 100 valence electrons. The van der Waals surface area contributed by atoms with E-state index in [1.54, 1.807) is 14.2 Å². The SMILES string of the molecule is COc1ccc(C)nc1-c1ccc([C@H](C)OC)cc1. The normalized spacial score (nSPS) is 12.2. The van der Waals surface area contributed by atoms with Crippen LogP contribution in [0.15, 0.2) is 36.4 Å². The van der Waals surface area contributed by atoms with Crippen molar-refractivity contribution < 1.29 is 9.47 Å². The fourth-order valence-corrected chi connectivity index (χ4v) is 1.96. The largest absolute Gasteiger partial charge is 0.494 e. The molecule has 0 aliphatic rings. The van der Waals surface area contributed by atoms with Crippen molar-refractivity contribution in [3.8, 4) is 17.0 Å². The highest BCUT2D eigenvalue weighted by atomic mass is 16.5. The van der Waals surface area contributed by atoms with Crippen molar-refractivity contribution in [3.63, 3.8) is 0 Å². The van der Waals surface area contributed by atoms with Crippen LogP contribution < -0.4 is 4.74 Å². The molecule has 3 heteroatoms. The molecular weight excluding hydrogens is 238 g/mol. The minimum atomic E-state index is 0.0985. The fourth-order valence-electron chi connectivity index (χ4n) is 1.96. The van der Waals surface area contributed by atoms with Gasteiger partial charge >= 0.3 is 0 Å². The second kappa shape index (κ2) is 5.85. The van der Waals surface area contributed by atoms with Crippen molar-refractivity contribution >= 4 is 0 Å². The van der Waals surface area contributed by atoms with Gasteiger partial charge in [-0.2, -0.15) is 0 Å². The van der Waals surface area contributed by atoms with E-state index >= 15 is 0 Å². The topological polar surface area (TPSA) is 31.4 Å². The lowest BCUT2D eigenvalue weighted by atomic mass is 10.0. The minimum absolute atomic E-state index is 0.0985. The van der Waals surface area contributed by atoms with Gasteiger partial charge in [-0.25, -0.2) is 4.98 Å². The maximum absolute atomic E-state index is 5.37. The number of pyridine rings is 1. The Hall–Kier alpha value is -1.87. The first-order valence-corrected chi connectivity index (χ1v) is 6.30. The Balaban J connectivity index is 2.39. The van der Waals surface area contributed by atoms with Gasteiger partial charge in [0.05, 0.1) is 13.2 Å². The summed E-state index contributed by atoms with van der Waals surface area (Å²) in [4.78, 5) is 4.55. The highest BCUT2D eigenvalue weighted by Gasteiger charge is 2.09. The summed E-state index contributed by atoms with van der Waals surface area (Å²) in [6.45, 7) is 4.00. The lowest BCUT2D eigenvalue weighted by molar-refractivity contribution is 0.119. The van der Waals surface area contributed by atoms with Crippen molar-refractivity contribution in [2.75, 3.05) is 14.2 Å². The zero-order valence-corrected chi connectivity index (χ0v) is 11.8. The monoisotopic (exact) mass is 257 g/mol. The lowest BCUT2D eigenvalue weighted by Gasteiger charge is -2.12. The molecule has 0 saturated carbocycles. The highest BCUT2D eigenvalue weighted by molar-refractivity contribution is 5.66. The van der Waals surface area contributed by atoms with Crippen LogP contribution in [0.5, 0.6) is 5.75 Å². The Labute approximate surface area is 114 Å². The van der Waals surface area contributed by atoms with Gasteiger partial charge in [0, 0.05) is 18.4 Å². The molecule has 0 aliphatic heterocycles. The van der Waals surface area contributed by atoms with E-state index in [0.717, 1.165) is 28.3 Å². The van der Waals surface area contributed by atoms with Crippen LogP contribution in [0.25, 0.3) is 11.3 Å². The van der Waals surface area contributed by atoms with Gasteiger partial charge in [-0.15, -0.1) is 0 Å². The van der Waals surface area contributed by atoms with Gasteiger partial charge in [0.2, 0.25) is 0 Å². The number of aromatic nitrogens is 1. The molecule has 0 unspecified atom stereocenters. The Kier molecular flexibility index (Phi) is 4.17. The number of rotatable bonds is 4.